The Kier molecular flexibility index (Phi) is 11.1. The molecule has 6 fully saturated rings. The van der Waals surface area contributed by atoms with Crippen LogP contribution in [0.2, 0.25) is 0 Å². The Balaban J connectivity index is 1.06. The molecule has 7 N–H and O–H groups in total. The van der Waals surface area contributed by atoms with E-state index in [1.54, 1.807) is 0 Å². The minimum atomic E-state index is -1.66. The summed E-state index contributed by atoms with van der Waals surface area (Å²) in [5.41, 5.74) is 1.12. The molecule has 3 saturated heterocycles. The number of carbonyl (C=O) groups excluding carboxylic acids is 1. The first kappa shape index (κ1) is 39.2. The topological polar surface area (TPSA) is 205 Å². The Morgan fingerprint density at radius 1 is 0.769 bits per heavy atom. The van der Waals surface area contributed by atoms with Crippen LogP contribution in [-0.4, -0.2) is 128 Å². The van der Waals surface area contributed by atoms with E-state index in [1.165, 1.54) is 12.5 Å². The van der Waals surface area contributed by atoms with E-state index in [0.29, 0.717) is 30.6 Å². The van der Waals surface area contributed by atoms with Crippen LogP contribution in [0.15, 0.2) is 11.6 Å². The zero-order valence-corrected chi connectivity index (χ0v) is 31.2. The lowest BCUT2D eigenvalue weighted by atomic mass is 9.47. The average Bonchev–Trinajstić information content (AvgIpc) is 3.47. The summed E-state index contributed by atoms with van der Waals surface area (Å²) in [6.07, 6.45) is -5.20. The van der Waals surface area contributed by atoms with Crippen molar-refractivity contribution in [2.24, 2.45) is 46.3 Å². The van der Waals surface area contributed by atoms with E-state index in [2.05, 4.69) is 20.8 Å². The number of allylic oxidation sites excluding steroid dienone is 2. The highest BCUT2D eigenvalue weighted by Crippen LogP contribution is 2.67. The Morgan fingerprint density at radius 2 is 1.48 bits per heavy atom. The van der Waals surface area contributed by atoms with Crippen LogP contribution >= 0.6 is 0 Å². The van der Waals surface area contributed by atoms with E-state index in [4.69, 9.17) is 23.7 Å². The predicted molar refractivity (Wildman–Crippen MR) is 184 cm³/mol. The number of ether oxygens (including phenoxy) is 5. The van der Waals surface area contributed by atoms with Gasteiger partial charge in [0.1, 0.15) is 42.7 Å². The van der Waals surface area contributed by atoms with Crippen LogP contribution in [0.5, 0.6) is 0 Å². The third-order valence-corrected chi connectivity index (χ3v) is 15.1. The highest BCUT2D eigenvalue weighted by atomic mass is 16.8. The molecule has 296 valence electrons. The zero-order valence-electron chi connectivity index (χ0n) is 31.2. The molecule has 3 heterocycles. The van der Waals surface area contributed by atoms with Crippen LogP contribution in [-0.2, 0) is 28.5 Å². The highest BCUT2D eigenvalue weighted by Gasteiger charge is 2.61. The largest absolute Gasteiger partial charge is 0.394 e. The van der Waals surface area contributed by atoms with Crippen LogP contribution in [0.1, 0.15) is 92.4 Å². The van der Waals surface area contributed by atoms with Crippen molar-refractivity contribution in [3.05, 3.63) is 11.6 Å². The number of aliphatic hydroxyl groups is 7. The molecule has 0 spiro atoms. The van der Waals surface area contributed by atoms with Crippen molar-refractivity contribution in [3.8, 4) is 0 Å². The molecule has 3 aliphatic heterocycles. The zero-order chi connectivity index (χ0) is 37.4. The average molecular weight is 739 g/mol. The second-order valence-corrected chi connectivity index (χ2v) is 17.9. The maximum atomic E-state index is 14.2. The van der Waals surface area contributed by atoms with Gasteiger partial charge in [0.05, 0.1) is 24.9 Å². The Bertz CT molecular complexity index is 1330. The van der Waals surface area contributed by atoms with Crippen LogP contribution in [0.25, 0.3) is 0 Å². The minimum Gasteiger partial charge on any atom is -0.394 e. The molecule has 13 heteroatoms. The highest BCUT2D eigenvalue weighted by molar-refractivity contribution is 5.94. The van der Waals surface area contributed by atoms with Crippen molar-refractivity contribution in [1.29, 1.82) is 0 Å². The van der Waals surface area contributed by atoms with Crippen LogP contribution < -0.4 is 0 Å². The number of ketones is 1. The van der Waals surface area contributed by atoms with Gasteiger partial charge in [-0.3, -0.25) is 4.79 Å². The molecule has 0 amide bonds. The van der Waals surface area contributed by atoms with Gasteiger partial charge >= 0.3 is 0 Å². The summed E-state index contributed by atoms with van der Waals surface area (Å²) in [6.45, 7) is 9.92. The molecule has 13 nitrogen and oxygen atoms in total. The van der Waals surface area contributed by atoms with E-state index in [0.717, 1.165) is 44.9 Å². The normalized spacial score (nSPS) is 54.5. The SMILES string of the molecule is CC1OC(OC2C(O[C@H]3CC[C@@]4(C)[C@H](C3)C(=O)C=C3[C@@H]4CC[C@]4(C)[C@@H]([C@H](C)[C@H]5CC[C@H](C)[C@@H](O)O5)CC[C@@H]34)OC(CO)C(O)C2O)C(O)C(O)C1O. The third-order valence-electron chi connectivity index (χ3n) is 15.1. The fraction of sp³-hybridized carbons (Fsp3) is 0.923. The van der Waals surface area contributed by atoms with Crippen molar-refractivity contribution in [1.82, 2.24) is 0 Å². The first-order valence-corrected chi connectivity index (χ1v) is 19.8. The number of aliphatic hydroxyl groups excluding tert-OH is 7. The molecule has 21 atom stereocenters. The van der Waals surface area contributed by atoms with Crippen molar-refractivity contribution >= 4 is 5.78 Å². The first-order chi connectivity index (χ1) is 24.6. The number of rotatable bonds is 7. The summed E-state index contributed by atoms with van der Waals surface area (Å²) in [6, 6.07) is 0. The van der Waals surface area contributed by atoms with Gasteiger partial charge in [-0.1, -0.05) is 33.3 Å². The maximum absolute atomic E-state index is 14.2. The molecule has 7 aliphatic rings. The lowest BCUT2D eigenvalue weighted by Crippen LogP contribution is -2.64. The van der Waals surface area contributed by atoms with Crippen molar-refractivity contribution < 1.29 is 64.2 Å². The molecule has 0 aromatic rings. The Labute approximate surface area is 306 Å². The second kappa shape index (κ2) is 14.8. The lowest BCUT2D eigenvalue weighted by Gasteiger charge is -2.57. The molecule has 3 saturated carbocycles. The molecule has 4 aliphatic carbocycles. The fourth-order valence-corrected chi connectivity index (χ4v) is 11.7. The lowest BCUT2D eigenvalue weighted by molar-refractivity contribution is -0.370. The van der Waals surface area contributed by atoms with Gasteiger partial charge < -0.3 is 59.4 Å². The molecule has 52 heavy (non-hydrogen) atoms. The molecule has 0 bridgehead atoms. The summed E-state index contributed by atoms with van der Waals surface area (Å²) in [7, 11) is 0. The summed E-state index contributed by atoms with van der Waals surface area (Å²) in [4.78, 5) is 14.2. The molecular weight excluding hydrogens is 676 g/mol. The van der Waals surface area contributed by atoms with Gasteiger partial charge in [0.15, 0.2) is 24.7 Å². The molecule has 10 unspecified atom stereocenters. The summed E-state index contributed by atoms with van der Waals surface area (Å²) >= 11 is 0. The summed E-state index contributed by atoms with van der Waals surface area (Å²) < 4.78 is 30.0. The predicted octanol–water partition coefficient (Wildman–Crippen LogP) is 1.55. The smallest absolute Gasteiger partial charge is 0.187 e. The third kappa shape index (κ3) is 6.56. The first-order valence-electron chi connectivity index (χ1n) is 19.8. The monoisotopic (exact) mass is 738 g/mol. The number of fused-ring (bicyclic) bond motifs is 5. The van der Waals surface area contributed by atoms with Gasteiger partial charge in [-0.25, -0.2) is 0 Å². The second-order valence-electron chi connectivity index (χ2n) is 17.9. The van der Waals surface area contributed by atoms with Crippen LogP contribution in [0.3, 0.4) is 0 Å². The Morgan fingerprint density at radius 3 is 2.19 bits per heavy atom. The van der Waals surface area contributed by atoms with E-state index in [1.807, 2.05) is 13.0 Å². The van der Waals surface area contributed by atoms with Gasteiger partial charge in [0, 0.05) is 11.8 Å². The van der Waals surface area contributed by atoms with Gasteiger partial charge in [0.25, 0.3) is 0 Å². The number of hydrogen-bond donors (Lipinski definition) is 7. The van der Waals surface area contributed by atoms with Gasteiger partial charge in [-0.15, -0.1) is 0 Å². The van der Waals surface area contributed by atoms with E-state index in [9.17, 15) is 40.5 Å². The van der Waals surface area contributed by atoms with Crippen molar-refractivity contribution in [2.75, 3.05) is 6.61 Å². The standard InChI is InChI=1S/C39H62O13/c1-17-6-9-27(50-35(17)47)18(2)22-7-8-23-21-15-26(41)25-14-20(10-12-39(25,5)24(21)11-13-38(22,23)4)49-37-34(32(45)30(43)28(16-40)51-37)52-36-33(46)31(44)29(42)19(3)48-36/h15,17-20,22-25,27-37,40,42-47H,6-14,16H2,1-5H3/t17-,18-,19?,20-,22+,23-,24-,25+,27+,28?,29?,30?,31?,32?,33?,34?,35-,36?,37?,38+,39+/m0/s1. The van der Waals surface area contributed by atoms with Gasteiger partial charge in [-0.05, 0) is 105 Å². The van der Waals surface area contributed by atoms with Crippen LogP contribution in [0, 0.1) is 46.3 Å². The van der Waals surface area contributed by atoms with Crippen molar-refractivity contribution in [3.63, 3.8) is 0 Å². The number of hydrogen-bond acceptors (Lipinski definition) is 13. The minimum absolute atomic E-state index is 0.0436. The maximum Gasteiger partial charge on any atom is 0.187 e. The van der Waals surface area contributed by atoms with E-state index < -0.39 is 80.4 Å². The molecule has 0 radical (unpaired) electrons. The molecule has 0 aromatic heterocycles. The molecular formula is C39H62O13. The summed E-state index contributed by atoms with van der Waals surface area (Å²) in [5, 5.41) is 73.3. The summed E-state index contributed by atoms with van der Waals surface area (Å²) in [5.74, 6) is 1.36. The number of carbonyl (C=O) groups is 1. The van der Waals surface area contributed by atoms with Crippen molar-refractivity contribution in [2.45, 2.75) is 172 Å². The van der Waals surface area contributed by atoms with E-state index >= 15 is 0 Å². The molecule has 0 aromatic carbocycles. The Hall–Kier alpha value is -1.07. The quantitative estimate of drug-likeness (QED) is 0.198. The van der Waals surface area contributed by atoms with Gasteiger partial charge in [-0.2, -0.15) is 0 Å². The van der Waals surface area contributed by atoms with E-state index in [-0.39, 0.29) is 40.5 Å². The van der Waals surface area contributed by atoms with Crippen LogP contribution in [0.4, 0.5) is 0 Å². The fourth-order valence-electron chi connectivity index (χ4n) is 11.7. The van der Waals surface area contributed by atoms with Gasteiger partial charge in [0.2, 0.25) is 0 Å². The molecule has 7 rings (SSSR count).